The molecule has 0 radical (unpaired) electrons. The molecular weight excluding hydrogens is 248 g/mol. The summed E-state index contributed by atoms with van der Waals surface area (Å²) in [4.78, 5) is 0. The minimum absolute atomic E-state index is 0.0126. The van der Waals surface area contributed by atoms with Crippen LogP contribution >= 0.6 is 0 Å². The van der Waals surface area contributed by atoms with Gasteiger partial charge in [-0.2, -0.15) is 0 Å². The number of hydrogen-bond acceptors (Lipinski definition) is 2. The molecule has 2 fully saturated rings. The van der Waals surface area contributed by atoms with Crippen molar-refractivity contribution in [2.24, 2.45) is 22.7 Å². The summed E-state index contributed by atoms with van der Waals surface area (Å²) in [6, 6.07) is 0. The third kappa shape index (κ3) is 2.27. The summed E-state index contributed by atoms with van der Waals surface area (Å²) in [5.41, 5.74) is 2.01. The maximum absolute atomic E-state index is 5.70. The molecule has 1 aliphatic heterocycles. The van der Waals surface area contributed by atoms with Crippen molar-refractivity contribution in [1.29, 1.82) is 0 Å². The molecular formula is C18H28O2. The third-order valence-electron chi connectivity index (χ3n) is 5.96. The van der Waals surface area contributed by atoms with Crippen LogP contribution in [0.5, 0.6) is 0 Å². The van der Waals surface area contributed by atoms with Gasteiger partial charge in [0.2, 0.25) is 0 Å². The average Bonchev–Trinajstić information content (AvgIpc) is 2.86. The number of rotatable bonds is 2. The van der Waals surface area contributed by atoms with Crippen molar-refractivity contribution in [2.45, 2.75) is 52.7 Å². The van der Waals surface area contributed by atoms with E-state index in [4.69, 9.17) is 9.47 Å². The van der Waals surface area contributed by atoms with Gasteiger partial charge in [0.1, 0.15) is 0 Å². The Labute approximate surface area is 123 Å². The van der Waals surface area contributed by atoms with E-state index in [-0.39, 0.29) is 6.29 Å². The molecule has 0 N–H and O–H groups in total. The summed E-state index contributed by atoms with van der Waals surface area (Å²) in [5, 5.41) is 0. The maximum atomic E-state index is 5.70. The number of allylic oxidation sites excluding steroid dienone is 3. The van der Waals surface area contributed by atoms with Gasteiger partial charge in [-0.1, -0.05) is 45.1 Å². The number of ether oxygens (including phenoxy) is 2. The molecule has 0 amide bonds. The van der Waals surface area contributed by atoms with Gasteiger partial charge in [-0.3, -0.25) is 0 Å². The van der Waals surface area contributed by atoms with Crippen molar-refractivity contribution in [3.05, 3.63) is 24.3 Å². The smallest absolute Gasteiger partial charge is 0.158 e. The molecule has 3 rings (SSSR count). The topological polar surface area (TPSA) is 18.5 Å². The summed E-state index contributed by atoms with van der Waals surface area (Å²) in [7, 11) is 0. The van der Waals surface area contributed by atoms with Crippen molar-refractivity contribution in [2.75, 3.05) is 13.2 Å². The van der Waals surface area contributed by atoms with Crippen LogP contribution in [0.15, 0.2) is 24.3 Å². The standard InChI is InChI=1S/C18H28O2/c1-13-6-7-15-17(2,3)8-5-9-18(15,4)14(13)12-16-19-10-11-20-16/h5,8,14-16H,1,6-7,9-12H2,2-4H3/t14-,15-,18+/m0/s1. The van der Waals surface area contributed by atoms with Crippen molar-refractivity contribution in [3.8, 4) is 0 Å². The summed E-state index contributed by atoms with van der Waals surface area (Å²) in [6.07, 6.45) is 9.38. The van der Waals surface area contributed by atoms with Gasteiger partial charge >= 0.3 is 0 Å². The first-order valence-corrected chi connectivity index (χ1v) is 8.02. The molecule has 0 unspecified atom stereocenters. The van der Waals surface area contributed by atoms with E-state index in [2.05, 4.69) is 39.5 Å². The van der Waals surface area contributed by atoms with E-state index in [1.54, 1.807) is 0 Å². The van der Waals surface area contributed by atoms with Gasteiger partial charge in [0.05, 0.1) is 13.2 Å². The molecule has 0 aromatic rings. The fourth-order valence-corrected chi connectivity index (χ4v) is 4.95. The molecule has 2 heteroatoms. The molecule has 1 saturated carbocycles. The second-order valence-corrected chi connectivity index (χ2v) is 7.64. The molecule has 0 aromatic heterocycles. The fraction of sp³-hybridized carbons (Fsp3) is 0.778. The Kier molecular flexibility index (Phi) is 3.58. The Morgan fingerprint density at radius 1 is 1.25 bits per heavy atom. The van der Waals surface area contributed by atoms with Gasteiger partial charge in [-0.25, -0.2) is 0 Å². The molecule has 2 nitrogen and oxygen atoms in total. The Balaban J connectivity index is 1.86. The predicted octanol–water partition coefficient (Wildman–Crippen LogP) is 4.32. The van der Waals surface area contributed by atoms with E-state index in [0.29, 0.717) is 16.7 Å². The molecule has 3 atom stereocenters. The summed E-state index contributed by atoms with van der Waals surface area (Å²) in [6.45, 7) is 13.1. The zero-order valence-electron chi connectivity index (χ0n) is 13.2. The van der Waals surface area contributed by atoms with Crippen LogP contribution in [-0.4, -0.2) is 19.5 Å². The van der Waals surface area contributed by atoms with E-state index >= 15 is 0 Å². The van der Waals surface area contributed by atoms with Crippen LogP contribution in [0.4, 0.5) is 0 Å². The van der Waals surface area contributed by atoms with Gasteiger partial charge in [-0.15, -0.1) is 0 Å². The van der Waals surface area contributed by atoms with Crippen LogP contribution in [0.25, 0.3) is 0 Å². The molecule has 2 aliphatic carbocycles. The average molecular weight is 276 g/mol. The lowest BCUT2D eigenvalue weighted by Gasteiger charge is -2.56. The zero-order valence-corrected chi connectivity index (χ0v) is 13.2. The SMILES string of the molecule is C=C1CC[C@H]2C(C)(C)C=CC[C@]2(C)[C@H]1CC1OCCO1. The molecule has 0 bridgehead atoms. The quantitative estimate of drug-likeness (QED) is 0.699. The monoisotopic (exact) mass is 276 g/mol. The lowest BCUT2D eigenvalue weighted by molar-refractivity contribution is -0.0846. The predicted molar refractivity (Wildman–Crippen MR) is 81.3 cm³/mol. The summed E-state index contributed by atoms with van der Waals surface area (Å²) < 4.78 is 11.4. The van der Waals surface area contributed by atoms with Crippen LogP contribution in [0.2, 0.25) is 0 Å². The third-order valence-corrected chi connectivity index (χ3v) is 5.96. The number of hydrogen-bond donors (Lipinski definition) is 0. The van der Waals surface area contributed by atoms with E-state index < -0.39 is 0 Å². The maximum Gasteiger partial charge on any atom is 0.158 e. The van der Waals surface area contributed by atoms with E-state index in [0.717, 1.165) is 38.4 Å². The van der Waals surface area contributed by atoms with Gasteiger partial charge < -0.3 is 9.47 Å². The lowest BCUT2D eigenvalue weighted by Crippen LogP contribution is -2.48. The highest BCUT2D eigenvalue weighted by Gasteiger charge is 2.51. The highest BCUT2D eigenvalue weighted by atomic mass is 16.7. The first-order chi connectivity index (χ1) is 9.43. The Bertz CT molecular complexity index is 417. The first-order valence-electron chi connectivity index (χ1n) is 8.02. The molecule has 112 valence electrons. The molecule has 0 aromatic carbocycles. The van der Waals surface area contributed by atoms with Crippen LogP contribution in [0.3, 0.4) is 0 Å². The second kappa shape index (κ2) is 4.99. The zero-order chi connectivity index (χ0) is 14.4. The lowest BCUT2D eigenvalue weighted by atomic mass is 9.49. The molecule has 0 spiro atoms. The van der Waals surface area contributed by atoms with E-state index in [1.165, 1.54) is 12.0 Å². The summed E-state index contributed by atoms with van der Waals surface area (Å²) >= 11 is 0. The van der Waals surface area contributed by atoms with Crippen LogP contribution < -0.4 is 0 Å². The van der Waals surface area contributed by atoms with Gasteiger partial charge in [0.25, 0.3) is 0 Å². The van der Waals surface area contributed by atoms with Crippen LogP contribution in [0, 0.1) is 22.7 Å². The number of fused-ring (bicyclic) bond motifs is 1. The molecule has 1 saturated heterocycles. The van der Waals surface area contributed by atoms with E-state index in [1.807, 2.05) is 0 Å². The highest BCUT2D eigenvalue weighted by Crippen LogP contribution is 2.59. The van der Waals surface area contributed by atoms with Crippen LogP contribution in [0.1, 0.15) is 46.5 Å². The minimum Gasteiger partial charge on any atom is -0.350 e. The summed E-state index contributed by atoms with van der Waals surface area (Å²) in [5.74, 6) is 1.26. The minimum atomic E-state index is -0.0126. The Morgan fingerprint density at radius 2 is 1.95 bits per heavy atom. The normalized spacial score (nSPS) is 40.9. The Hall–Kier alpha value is -0.600. The molecule has 20 heavy (non-hydrogen) atoms. The van der Waals surface area contributed by atoms with Crippen molar-refractivity contribution < 1.29 is 9.47 Å². The fourth-order valence-electron chi connectivity index (χ4n) is 4.95. The van der Waals surface area contributed by atoms with Crippen molar-refractivity contribution in [3.63, 3.8) is 0 Å². The van der Waals surface area contributed by atoms with Crippen molar-refractivity contribution >= 4 is 0 Å². The van der Waals surface area contributed by atoms with Crippen molar-refractivity contribution in [1.82, 2.24) is 0 Å². The second-order valence-electron chi connectivity index (χ2n) is 7.64. The van der Waals surface area contributed by atoms with E-state index in [9.17, 15) is 0 Å². The van der Waals surface area contributed by atoms with Gasteiger partial charge in [0.15, 0.2) is 6.29 Å². The largest absolute Gasteiger partial charge is 0.350 e. The van der Waals surface area contributed by atoms with Gasteiger partial charge in [-0.05, 0) is 41.9 Å². The first kappa shape index (κ1) is 14.3. The Morgan fingerprint density at radius 3 is 2.65 bits per heavy atom. The van der Waals surface area contributed by atoms with Crippen LogP contribution in [-0.2, 0) is 9.47 Å². The highest BCUT2D eigenvalue weighted by molar-refractivity contribution is 5.21. The molecule has 1 heterocycles. The molecule has 3 aliphatic rings. The van der Waals surface area contributed by atoms with Gasteiger partial charge in [0, 0.05) is 6.42 Å².